The fourth-order valence-corrected chi connectivity index (χ4v) is 1.88. The summed E-state index contributed by atoms with van der Waals surface area (Å²) in [5.41, 5.74) is 1.08. The molecule has 0 radical (unpaired) electrons. The van der Waals surface area contributed by atoms with Crippen molar-refractivity contribution in [3.05, 3.63) is 36.4 Å². The molecule has 0 saturated carbocycles. The molecule has 2 N–H and O–H groups in total. The summed E-state index contributed by atoms with van der Waals surface area (Å²) in [5, 5.41) is 5.50. The largest absolute Gasteiger partial charge is 0.278 e. The lowest BCUT2D eigenvalue weighted by Crippen LogP contribution is -2.08. The monoisotopic (exact) mass is 223 g/mol. The maximum absolute atomic E-state index is 5.50. The Labute approximate surface area is 95.3 Å². The van der Waals surface area contributed by atoms with Gasteiger partial charge in [-0.2, -0.15) is 0 Å². The van der Waals surface area contributed by atoms with E-state index in [-0.39, 0.29) is 0 Å². The molecule has 1 heterocycles. The van der Waals surface area contributed by atoms with E-state index in [4.69, 9.17) is 5.14 Å². The SMILES string of the molecule is C=CCCC(CSN)c1ncc(C)cn1. The van der Waals surface area contributed by atoms with Gasteiger partial charge in [-0.25, -0.2) is 9.97 Å². The zero-order valence-electron chi connectivity index (χ0n) is 9.02. The van der Waals surface area contributed by atoms with Crippen molar-refractivity contribution in [2.75, 3.05) is 5.75 Å². The molecule has 0 bridgehead atoms. The molecule has 0 spiro atoms. The summed E-state index contributed by atoms with van der Waals surface area (Å²) in [7, 11) is 0. The maximum atomic E-state index is 5.50. The highest BCUT2D eigenvalue weighted by Crippen LogP contribution is 2.20. The van der Waals surface area contributed by atoms with Gasteiger partial charge in [-0.05, 0) is 25.3 Å². The Morgan fingerprint density at radius 3 is 2.73 bits per heavy atom. The molecule has 1 atom stereocenters. The summed E-state index contributed by atoms with van der Waals surface area (Å²) in [6.45, 7) is 5.71. The van der Waals surface area contributed by atoms with Gasteiger partial charge in [0, 0.05) is 24.1 Å². The molecule has 0 fully saturated rings. The number of aryl methyl sites for hydroxylation is 1. The number of hydrogen-bond acceptors (Lipinski definition) is 4. The smallest absolute Gasteiger partial charge is 0.132 e. The van der Waals surface area contributed by atoms with Gasteiger partial charge in [0.25, 0.3) is 0 Å². The molecule has 82 valence electrons. The van der Waals surface area contributed by atoms with Gasteiger partial charge >= 0.3 is 0 Å². The van der Waals surface area contributed by atoms with Crippen LogP contribution in [0.1, 0.15) is 30.1 Å². The normalized spacial score (nSPS) is 12.4. The molecule has 0 saturated heterocycles. The van der Waals surface area contributed by atoms with E-state index in [1.807, 2.05) is 25.4 Å². The van der Waals surface area contributed by atoms with Crippen molar-refractivity contribution >= 4 is 11.9 Å². The van der Waals surface area contributed by atoms with E-state index in [1.54, 1.807) is 0 Å². The van der Waals surface area contributed by atoms with E-state index in [0.29, 0.717) is 5.92 Å². The fraction of sp³-hybridized carbons (Fsp3) is 0.455. The first-order valence-electron chi connectivity index (χ1n) is 4.99. The number of rotatable bonds is 6. The number of nitrogens with two attached hydrogens (primary N) is 1. The summed E-state index contributed by atoms with van der Waals surface area (Å²) in [6.07, 6.45) is 7.61. The van der Waals surface area contributed by atoms with Gasteiger partial charge in [0.15, 0.2) is 0 Å². The highest BCUT2D eigenvalue weighted by atomic mass is 32.2. The molecule has 1 unspecified atom stereocenters. The molecule has 4 heteroatoms. The summed E-state index contributed by atoms with van der Waals surface area (Å²) in [4.78, 5) is 8.67. The molecule has 1 aromatic heterocycles. The first kappa shape index (κ1) is 12.2. The molecule has 15 heavy (non-hydrogen) atoms. The van der Waals surface area contributed by atoms with Crippen LogP contribution in [0.2, 0.25) is 0 Å². The second-order valence-electron chi connectivity index (χ2n) is 3.51. The van der Waals surface area contributed by atoms with Gasteiger partial charge in [-0.15, -0.1) is 6.58 Å². The van der Waals surface area contributed by atoms with E-state index in [9.17, 15) is 0 Å². The zero-order chi connectivity index (χ0) is 11.1. The van der Waals surface area contributed by atoms with Crippen molar-refractivity contribution in [2.24, 2.45) is 5.14 Å². The summed E-state index contributed by atoms with van der Waals surface area (Å²) < 4.78 is 0. The van der Waals surface area contributed by atoms with Crippen molar-refractivity contribution in [1.82, 2.24) is 9.97 Å². The number of hydrogen-bond donors (Lipinski definition) is 1. The summed E-state index contributed by atoms with van der Waals surface area (Å²) in [5.74, 6) is 2.08. The Morgan fingerprint density at radius 2 is 2.20 bits per heavy atom. The van der Waals surface area contributed by atoms with Gasteiger partial charge in [-0.1, -0.05) is 18.0 Å². The van der Waals surface area contributed by atoms with Crippen molar-refractivity contribution in [3.8, 4) is 0 Å². The minimum Gasteiger partial charge on any atom is -0.278 e. The molecular formula is C11H17N3S. The number of aromatic nitrogens is 2. The molecule has 0 aliphatic rings. The van der Waals surface area contributed by atoms with E-state index in [1.165, 1.54) is 11.9 Å². The Bertz CT molecular complexity index is 297. The summed E-state index contributed by atoms with van der Waals surface area (Å²) in [6, 6.07) is 0. The third-order valence-corrected chi connectivity index (χ3v) is 2.78. The molecule has 1 rings (SSSR count). The zero-order valence-corrected chi connectivity index (χ0v) is 9.83. The van der Waals surface area contributed by atoms with Gasteiger partial charge in [0.2, 0.25) is 0 Å². The van der Waals surface area contributed by atoms with Crippen LogP contribution in [0.3, 0.4) is 0 Å². The molecule has 1 aromatic rings. The topological polar surface area (TPSA) is 51.8 Å². The van der Waals surface area contributed by atoms with Gasteiger partial charge in [0.1, 0.15) is 5.82 Å². The van der Waals surface area contributed by atoms with Crippen LogP contribution in [0, 0.1) is 6.92 Å². The second kappa shape index (κ2) is 6.58. The van der Waals surface area contributed by atoms with E-state index in [2.05, 4.69) is 16.5 Å². The standard InChI is InChI=1S/C11H17N3S/c1-3-4-5-10(8-15-12)11-13-6-9(2)7-14-11/h3,6-7,10H,1,4-5,8,12H2,2H3. The number of allylic oxidation sites excluding steroid dienone is 1. The van der Waals surface area contributed by atoms with Crippen molar-refractivity contribution in [2.45, 2.75) is 25.7 Å². The lowest BCUT2D eigenvalue weighted by atomic mass is 10.0. The number of nitrogens with zero attached hydrogens (tertiary/aromatic N) is 2. The minimum absolute atomic E-state index is 0.332. The van der Waals surface area contributed by atoms with Gasteiger partial charge in [-0.3, -0.25) is 5.14 Å². The van der Waals surface area contributed by atoms with Crippen LogP contribution in [0.15, 0.2) is 25.0 Å². The predicted octanol–water partition coefficient (Wildman–Crippen LogP) is 2.44. The fourth-order valence-electron chi connectivity index (χ4n) is 1.34. The van der Waals surface area contributed by atoms with Crippen molar-refractivity contribution < 1.29 is 0 Å². The third kappa shape index (κ3) is 4.01. The van der Waals surface area contributed by atoms with Crippen LogP contribution in [0.5, 0.6) is 0 Å². The van der Waals surface area contributed by atoms with E-state index in [0.717, 1.165) is 30.0 Å². The van der Waals surface area contributed by atoms with Crippen LogP contribution < -0.4 is 5.14 Å². The molecule has 0 aromatic carbocycles. The molecule has 0 aliphatic heterocycles. The Balaban J connectivity index is 2.69. The Kier molecular flexibility index (Phi) is 5.36. The third-order valence-electron chi connectivity index (χ3n) is 2.18. The van der Waals surface area contributed by atoms with Crippen molar-refractivity contribution in [1.29, 1.82) is 0 Å². The first-order valence-corrected chi connectivity index (χ1v) is 6.04. The molecule has 0 aliphatic carbocycles. The van der Waals surface area contributed by atoms with E-state index < -0.39 is 0 Å². The highest BCUT2D eigenvalue weighted by molar-refractivity contribution is 7.97. The lowest BCUT2D eigenvalue weighted by Gasteiger charge is -2.12. The van der Waals surface area contributed by atoms with Crippen LogP contribution in [0.25, 0.3) is 0 Å². The van der Waals surface area contributed by atoms with Gasteiger partial charge < -0.3 is 0 Å². The minimum atomic E-state index is 0.332. The lowest BCUT2D eigenvalue weighted by molar-refractivity contribution is 0.654. The van der Waals surface area contributed by atoms with Crippen LogP contribution in [-0.4, -0.2) is 15.7 Å². The summed E-state index contributed by atoms with van der Waals surface area (Å²) >= 11 is 1.34. The average molecular weight is 223 g/mol. The highest BCUT2D eigenvalue weighted by Gasteiger charge is 2.12. The average Bonchev–Trinajstić information content (AvgIpc) is 2.25. The predicted molar refractivity (Wildman–Crippen MR) is 65.6 cm³/mol. The van der Waals surface area contributed by atoms with E-state index >= 15 is 0 Å². The molecule has 3 nitrogen and oxygen atoms in total. The Morgan fingerprint density at radius 1 is 1.53 bits per heavy atom. The second-order valence-corrected chi connectivity index (χ2v) is 4.18. The molecule has 0 amide bonds. The molecular weight excluding hydrogens is 206 g/mol. The Hall–Kier alpha value is -0.870. The first-order chi connectivity index (χ1) is 7.27. The van der Waals surface area contributed by atoms with Gasteiger partial charge in [0.05, 0.1) is 0 Å². The van der Waals surface area contributed by atoms with Crippen LogP contribution in [0.4, 0.5) is 0 Å². The van der Waals surface area contributed by atoms with Crippen LogP contribution >= 0.6 is 11.9 Å². The van der Waals surface area contributed by atoms with Crippen LogP contribution in [-0.2, 0) is 0 Å². The van der Waals surface area contributed by atoms with Crippen molar-refractivity contribution in [3.63, 3.8) is 0 Å². The maximum Gasteiger partial charge on any atom is 0.132 e. The quantitative estimate of drug-likeness (QED) is 0.594.